The fraction of sp³-hybridized carbons (Fsp3) is 0.714. The molecule has 1 aromatic carbocycles. The van der Waals surface area contributed by atoms with E-state index >= 15 is 0 Å². The Morgan fingerprint density at radius 2 is 1.53 bits per heavy atom. The van der Waals surface area contributed by atoms with E-state index in [0.717, 1.165) is 55.6 Å². The normalized spacial score (nSPS) is 12.0. The second-order valence-corrected chi connectivity index (χ2v) is 12.4. The quantitative estimate of drug-likeness (QED) is 0.110. The maximum Gasteiger partial charge on any atom is 0.242 e. The molecular weight excluding hydrogens is 572 g/mol. The van der Waals surface area contributed by atoms with E-state index in [-0.39, 0.29) is 42.1 Å². The Morgan fingerprint density at radius 3 is 2.09 bits per heavy atom. The lowest BCUT2D eigenvalue weighted by Crippen LogP contribution is -2.51. The van der Waals surface area contributed by atoms with Crippen LogP contribution in [0.1, 0.15) is 118 Å². The molecule has 0 aliphatic carbocycles. The Morgan fingerprint density at radius 1 is 0.867 bits per heavy atom. The molecule has 10 nitrogen and oxygen atoms in total. The summed E-state index contributed by atoms with van der Waals surface area (Å²) >= 11 is 0. The number of hydrogen-bond donors (Lipinski definition) is 3. The zero-order valence-electron chi connectivity index (χ0n) is 29.5. The molecule has 0 aliphatic rings. The summed E-state index contributed by atoms with van der Waals surface area (Å²) in [5, 5.41) is 8.82. The molecular formula is C35H62N4O6. The van der Waals surface area contributed by atoms with Gasteiger partial charge in [-0.1, -0.05) is 66.2 Å². The number of unbranched alkanes of at least 4 members (excludes halogenated alkanes) is 5. The highest BCUT2D eigenvalue weighted by atomic mass is 16.5. The van der Waals surface area contributed by atoms with Crippen LogP contribution in [0.4, 0.5) is 0 Å². The molecule has 2 atom stereocenters. The molecule has 0 saturated heterocycles. The van der Waals surface area contributed by atoms with Gasteiger partial charge in [-0.2, -0.15) is 0 Å². The van der Waals surface area contributed by atoms with Gasteiger partial charge >= 0.3 is 0 Å². The molecule has 4 amide bonds. The first kappa shape index (κ1) is 41.7. The lowest BCUT2D eigenvalue weighted by molar-refractivity contribution is -0.130. The first-order valence-corrected chi connectivity index (χ1v) is 16.7. The molecule has 45 heavy (non-hydrogen) atoms. The van der Waals surface area contributed by atoms with Crippen LogP contribution in [0.15, 0.2) is 18.2 Å². The largest absolute Gasteiger partial charge is 0.497 e. The van der Waals surface area contributed by atoms with Crippen LogP contribution in [0.3, 0.4) is 0 Å². The highest BCUT2D eigenvalue weighted by Gasteiger charge is 2.25. The number of rotatable bonds is 22. The molecule has 1 aromatic rings. The van der Waals surface area contributed by atoms with Gasteiger partial charge in [0.1, 0.15) is 17.5 Å². The highest BCUT2D eigenvalue weighted by molar-refractivity contribution is 5.88. The van der Waals surface area contributed by atoms with Crippen LogP contribution >= 0.6 is 0 Å². The number of benzene rings is 1. The Kier molecular flexibility index (Phi) is 23.1. The third-order valence-corrected chi connectivity index (χ3v) is 7.08. The fourth-order valence-electron chi connectivity index (χ4n) is 4.80. The number of carbonyl (C=O) groups is 4. The van der Waals surface area contributed by atoms with Gasteiger partial charge in [0, 0.05) is 50.1 Å². The summed E-state index contributed by atoms with van der Waals surface area (Å²) in [5.74, 6) is 1.44. The average Bonchev–Trinajstić information content (AvgIpc) is 2.98. The molecule has 0 fully saturated rings. The minimum atomic E-state index is -0.551. The maximum atomic E-state index is 12.9. The van der Waals surface area contributed by atoms with Crippen molar-refractivity contribution in [3.05, 3.63) is 23.8 Å². The lowest BCUT2D eigenvalue weighted by Gasteiger charge is -2.24. The van der Waals surface area contributed by atoms with E-state index in [9.17, 15) is 19.2 Å². The number of hydrogen-bond acceptors (Lipinski definition) is 6. The van der Waals surface area contributed by atoms with Gasteiger partial charge in [-0.15, -0.1) is 0 Å². The van der Waals surface area contributed by atoms with Crippen LogP contribution in [-0.4, -0.2) is 68.4 Å². The Hall–Kier alpha value is -3.30. The van der Waals surface area contributed by atoms with Gasteiger partial charge in [-0.25, -0.2) is 0 Å². The van der Waals surface area contributed by atoms with Gasteiger partial charge < -0.3 is 30.3 Å². The number of methoxy groups -OCH3 is 2. The third-order valence-electron chi connectivity index (χ3n) is 7.08. The third kappa shape index (κ3) is 20.4. The number of ether oxygens (including phenoxy) is 2. The number of nitrogens with one attached hydrogen (secondary N) is 3. The molecule has 0 saturated carbocycles. The second-order valence-electron chi connectivity index (χ2n) is 12.4. The highest BCUT2D eigenvalue weighted by Crippen LogP contribution is 2.25. The van der Waals surface area contributed by atoms with Crippen LogP contribution in [0, 0.1) is 5.92 Å². The molecule has 0 bridgehead atoms. The molecule has 2 unspecified atom stereocenters. The van der Waals surface area contributed by atoms with Gasteiger partial charge in [-0.3, -0.25) is 19.2 Å². The molecule has 10 heteroatoms. The molecule has 258 valence electrons. The van der Waals surface area contributed by atoms with E-state index in [1.165, 1.54) is 19.3 Å². The number of amides is 4. The Labute approximate surface area is 272 Å². The maximum absolute atomic E-state index is 12.9. The summed E-state index contributed by atoms with van der Waals surface area (Å²) < 4.78 is 10.3. The average molecular weight is 635 g/mol. The predicted molar refractivity (Wildman–Crippen MR) is 181 cm³/mol. The summed E-state index contributed by atoms with van der Waals surface area (Å²) in [6.45, 7) is 12.7. The molecule has 0 spiro atoms. The first-order valence-electron chi connectivity index (χ1n) is 16.7. The van der Waals surface area contributed by atoms with Crippen molar-refractivity contribution in [1.82, 2.24) is 20.9 Å². The van der Waals surface area contributed by atoms with Crippen molar-refractivity contribution in [3.63, 3.8) is 0 Å². The van der Waals surface area contributed by atoms with E-state index in [2.05, 4.69) is 22.9 Å². The van der Waals surface area contributed by atoms with Crippen LogP contribution in [0.5, 0.6) is 11.5 Å². The van der Waals surface area contributed by atoms with Crippen molar-refractivity contribution < 1.29 is 28.7 Å². The summed E-state index contributed by atoms with van der Waals surface area (Å²) in [7, 11) is 4.92. The molecule has 0 heterocycles. The van der Waals surface area contributed by atoms with Gasteiger partial charge in [0.25, 0.3) is 0 Å². The van der Waals surface area contributed by atoms with E-state index in [4.69, 9.17) is 9.47 Å². The van der Waals surface area contributed by atoms with Crippen molar-refractivity contribution in [3.8, 4) is 11.5 Å². The molecule has 0 aromatic heterocycles. The van der Waals surface area contributed by atoms with Crippen molar-refractivity contribution in [2.24, 2.45) is 5.92 Å². The van der Waals surface area contributed by atoms with E-state index < -0.39 is 6.04 Å². The van der Waals surface area contributed by atoms with Gasteiger partial charge in [0.15, 0.2) is 0 Å². The Balaban J connectivity index is 0.00000107. The molecule has 0 radical (unpaired) electrons. The minimum absolute atomic E-state index is 0.0590. The van der Waals surface area contributed by atoms with Gasteiger partial charge in [0.05, 0.1) is 14.2 Å². The van der Waals surface area contributed by atoms with Crippen molar-refractivity contribution in [1.29, 1.82) is 0 Å². The molecule has 0 aliphatic heterocycles. The smallest absolute Gasteiger partial charge is 0.242 e. The fourth-order valence-corrected chi connectivity index (χ4v) is 4.80. The van der Waals surface area contributed by atoms with Crippen LogP contribution < -0.4 is 25.4 Å². The minimum Gasteiger partial charge on any atom is -0.497 e. The first-order chi connectivity index (χ1) is 21.4. The summed E-state index contributed by atoms with van der Waals surface area (Å²) in [5.41, 5.74) is 0.952. The number of carbonyl (C=O) groups excluding carboxylic acids is 4. The van der Waals surface area contributed by atoms with Crippen molar-refractivity contribution in [2.75, 3.05) is 21.3 Å². The Bertz CT molecular complexity index is 985. The van der Waals surface area contributed by atoms with Gasteiger partial charge in [-0.05, 0) is 51.2 Å². The van der Waals surface area contributed by atoms with Crippen LogP contribution in [-0.2, 0) is 25.7 Å². The number of nitrogens with zero attached hydrogens (tertiary/aromatic N) is 1. The summed E-state index contributed by atoms with van der Waals surface area (Å²) in [4.78, 5) is 49.4. The van der Waals surface area contributed by atoms with E-state index in [1.807, 2.05) is 46.8 Å². The van der Waals surface area contributed by atoms with Crippen LogP contribution in [0.25, 0.3) is 0 Å². The van der Waals surface area contributed by atoms with E-state index in [1.54, 1.807) is 32.2 Å². The van der Waals surface area contributed by atoms with Gasteiger partial charge in [0.2, 0.25) is 24.1 Å². The zero-order chi connectivity index (χ0) is 34.2. The second kappa shape index (κ2) is 25.0. The SMILES string of the molecule is CCCCCCCCC(=O)NC(CC(C)C)C(=O)NC(CCC)CC(=O)NC(C)C.COc1ccc(CN(C)C=O)c(OC)c1. The molecule has 1 rings (SSSR count). The van der Waals surface area contributed by atoms with Crippen molar-refractivity contribution in [2.45, 2.75) is 137 Å². The van der Waals surface area contributed by atoms with E-state index in [0.29, 0.717) is 19.4 Å². The van der Waals surface area contributed by atoms with Crippen LogP contribution in [0.2, 0.25) is 0 Å². The molecule has 3 N–H and O–H groups in total. The van der Waals surface area contributed by atoms with Crippen molar-refractivity contribution >= 4 is 24.1 Å². The summed E-state index contributed by atoms with van der Waals surface area (Å²) in [6, 6.07) is 4.84. The predicted octanol–water partition coefficient (Wildman–Crippen LogP) is 5.76. The monoisotopic (exact) mass is 634 g/mol. The standard InChI is InChI=1S/C24H47N3O3.C11H15NO3/c1-7-9-10-11-12-13-15-22(28)27-21(16-18(3)4)24(30)26-20(14-8-2)17-23(29)25-19(5)6;1-12(8-13)7-9-4-5-10(14-2)6-11(9)15-3/h18-21H,7-17H2,1-6H3,(H,25,29)(H,26,30)(H,27,28);4-6,8H,7H2,1-3H3. The zero-order valence-corrected chi connectivity index (χ0v) is 29.5. The summed E-state index contributed by atoms with van der Waals surface area (Å²) in [6.07, 6.45) is 10.5. The lowest BCUT2D eigenvalue weighted by atomic mass is 10.0. The topological polar surface area (TPSA) is 126 Å².